The quantitative estimate of drug-likeness (QED) is 0.499. The van der Waals surface area contributed by atoms with Crippen molar-refractivity contribution >= 4 is 38.5 Å². The molecule has 28 heavy (non-hydrogen) atoms. The molecule has 0 unspecified atom stereocenters. The van der Waals surface area contributed by atoms with Crippen LogP contribution >= 0.6 is 11.5 Å². The summed E-state index contributed by atoms with van der Waals surface area (Å²) in [6.07, 6.45) is 2.16. The van der Waals surface area contributed by atoms with Crippen molar-refractivity contribution in [1.82, 2.24) is 9.36 Å². The maximum absolute atomic E-state index is 13.0. The van der Waals surface area contributed by atoms with E-state index in [1.165, 1.54) is 30.3 Å². The van der Waals surface area contributed by atoms with Crippen molar-refractivity contribution in [3.05, 3.63) is 53.5 Å². The maximum Gasteiger partial charge on any atom is 0.268 e. The Kier molecular flexibility index (Phi) is 5.34. The van der Waals surface area contributed by atoms with Gasteiger partial charge in [0.25, 0.3) is 11.1 Å². The molecule has 1 amide bonds. The van der Waals surface area contributed by atoms with E-state index in [0.29, 0.717) is 22.9 Å². The molecule has 142 valence electrons. The van der Waals surface area contributed by atoms with Crippen LogP contribution < -0.4 is 5.32 Å². The Morgan fingerprint density at radius 3 is 2.61 bits per heavy atom. The van der Waals surface area contributed by atoms with Crippen molar-refractivity contribution < 1.29 is 22.0 Å². The fourth-order valence-corrected chi connectivity index (χ4v) is 3.51. The van der Waals surface area contributed by atoms with Crippen molar-refractivity contribution in [1.29, 1.82) is 5.26 Å². The summed E-state index contributed by atoms with van der Waals surface area (Å²) in [5, 5.41) is 11.1. The van der Waals surface area contributed by atoms with Gasteiger partial charge in [-0.1, -0.05) is 0 Å². The van der Waals surface area contributed by atoms with E-state index in [9.17, 15) is 22.9 Å². The van der Waals surface area contributed by atoms with Gasteiger partial charge in [0.1, 0.15) is 29.0 Å². The molecule has 2 heterocycles. The smallest absolute Gasteiger partial charge is 0.268 e. The zero-order valence-corrected chi connectivity index (χ0v) is 15.8. The molecule has 0 aliphatic heterocycles. The highest BCUT2D eigenvalue weighted by atomic mass is 32.2. The Bertz CT molecular complexity index is 1200. The molecule has 8 nitrogen and oxygen atoms in total. The molecule has 0 aliphatic carbocycles. The number of carbonyl (C=O) groups excluding carboxylic acids is 1. The third kappa shape index (κ3) is 4.48. The number of furan rings is 1. The highest BCUT2D eigenvalue weighted by Crippen LogP contribution is 2.24. The molecule has 0 bridgehead atoms. The Morgan fingerprint density at radius 2 is 2.00 bits per heavy atom. The number of benzene rings is 1. The van der Waals surface area contributed by atoms with Crippen LogP contribution in [0, 0.1) is 17.1 Å². The van der Waals surface area contributed by atoms with Gasteiger partial charge >= 0.3 is 0 Å². The van der Waals surface area contributed by atoms with Crippen LogP contribution in [-0.2, 0) is 14.6 Å². The standard InChI is InChI=1S/C17H11FN4O4S2/c1-28(24,25)17-21-16(27-22-17)20-15(23)11(9-19)8-13-6-7-14(26-13)10-2-4-12(18)5-3-10/h2-8H,1H3,(H,20,21,22,23). The molecule has 3 rings (SSSR count). The number of nitriles is 1. The predicted octanol–water partition coefficient (Wildman–Crippen LogP) is 2.89. The van der Waals surface area contributed by atoms with Gasteiger partial charge in [-0.05, 0) is 36.4 Å². The lowest BCUT2D eigenvalue weighted by Gasteiger charge is -1.99. The minimum atomic E-state index is -3.60. The van der Waals surface area contributed by atoms with Gasteiger partial charge in [-0.15, -0.1) is 0 Å². The number of rotatable bonds is 5. The molecular weight excluding hydrogens is 407 g/mol. The summed E-state index contributed by atoms with van der Waals surface area (Å²) in [5.41, 5.74) is 0.349. The Morgan fingerprint density at radius 1 is 1.29 bits per heavy atom. The number of hydrogen-bond donors (Lipinski definition) is 1. The van der Waals surface area contributed by atoms with E-state index < -0.39 is 20.9 Å². The first kappa shape index (κ1) is 19.4. The average molecular weight is 418 g/mol. The van der Waals surface area contributed by atoms with Crippen molar-refractivity contribution in [2.75, 3.05) is 11.6 Å². The first-order valence-corrected chi connectivity index (χ1v) is 10.3. The van der Waals surface area contributed by atoms with Crippen LogP contribution in [0.4, 0.5) is 9.52 Å². The number of carbonyl (C=O) groups is 1. The SMILES string of the molecule is CS(=O)(=O)c1nsc(NC(=O)C(C#N)=Cc2ccc(-c3ccc(F)cc3)o2)n1. The fraction of sp³-hybridized carbons (Fsp3) is 0.0588. The second-order valence-corrected chi connectivity index (χ2v) is 8.15. The van der Waals surface area contributed by atoms with Crippen molar-refractivity contribution in [2.24, 2.45) is 0 Å². The summed E-state index contributed by atoms with van der Waals surface area (Å²) in [7, 11) is -3.60. The van der Waals surface area contributed by atoms with Crippen molar-refractivity contribution in [3.63, 3.8) is 0 Å². The average Bonchev–Trinajstić information content (AvgIpc) is 3.29. The van der Waals surface area contributed by atoms with E-state index in [1.807, 2.05) is 0 Å². The number of aromatic nitrogens is 2. The first-order chi connectivity index (χ1) is 13.3. The number of nitrogens with zero attached hydrogens (tertiary/aromatic N) is 3. The molecular formula is C17H11FN4O4S2. The van der Waals surface area contributed by atoms with Gasteiger partial charge in [-0.2, -0.15) is 14.6 Å². The van der Waals surface area contributed by atoms with Crippen LogP contribution in [-0.4, -0.2) is 29.9 Å². The van der Waals surface area contributed by atoms with Crippen molar-refractivity contribution in [3.8, 4) is 17.4 Å². The lowest BCUT2D eigenvalue weighted by atomic mass is 10.2. The molecule has 1 aromatic carbocycles. The van der Waals surface area contributed by atoms with Gasteiger partial charge in [-0.3, -0.25) is 10.1 Å². The van der Waals surface area contributed by atoms with Gasteiger partial charge in [0, 0.05) is 29.4 Å². The number of amides is 1. The number of halogens is 1. The monoisotopic (exact) mass is 418 g/mol. The predicted molar refractivity (Wildman–Crippen MR) is 99.3 cm³/mol. The van der Waals surface area contributed by atoms with E-state index in [2.05, 4.69) is 14.7 Å². The summed E-state index contributed by atoms with van der Waals surface area (Å²) in [5.74, 6) is -0.501. The van der Waals surface area contributed by atoms with E-state index in [4.69, 9.17) is 4.42 Å². The van der Waals surface area contributed by atoms with Gasteiger partial charge in [0.2, 0.25) is 15.0 Å². The fourth-order valence-electron chi connectivity index (χ4n) is 2.07. The van der Waals surface area contributed by atoms with Gasteiger partial charge in [0.15, 0.2) is 0 Å². The van der Waals surface area contributed by atoms with E-state index in [0.717, 1.165) is 6.26 Å². The minimum Gasteiger partial charge on any atom is -0.457 e. The number of anilines is 1. The number of nitrogens with one attached hydrogen (secondary N) is 1. The zero-order chi connectivity index (χ0) is 20.3. The van der Waals surface area contributed by atoms with E-state index in [1.54, 1.807) is 18.2 Å². The lowest BCUT2D eigenvalue weighted by molar-refractivity contribution is -0.112. The number of sulfone groups is 1. The summed E-state index contributed by atoms with van der Waals surface area (Å²) in [4.78, 5) is 15.9. The third-order valence-corrected chi connectivity index (χ3v) is 4.96. The molecule has 2 aromatic heterocycles. The third-order valence-electron chi connectivity index (χ3n) is 3.37. The Labute approximate surface area is 163 Å². The highest BCUT2D eigenvalue weighted by Gasteiger charge is 2.18. The largest absolute Gasteiger partial charge is 0.457 e. The molecule has 0 fully saturated rings. The molecule has 0 saturated heterocycles. The number of hydrogen-bond acceptors (Lipinski definition) is 8. The summed E-state index contributed by atoms with van der Waals surface area (Å²) in [6, 6.07) is 10.6. The summed E-state index contributed by atoms with van der Waals surface area (Å²) < 4.78 is 44.9. The maximum atomic E-state index is 13.0. The minimum absolute atomic E-state index is 0.0574. The zero-order valence-electron chi connectivity index (χ0n) is 14.2. The van der Waals surface area contributed by atoms with E-state index in [-0.39, 0.29) is 22.3 Å². The molecule has 0 radical (unpaired) electrons. The highest BCUT2D eigenvalue weighted by molar-refractivity contribution is 7.90. The lowest BCUT2D eigenvalue weighted by Crippen LogP contribution is -2.13. The Hall–Kier alpha value is -3.36. The Balaban J connectivity index is 1.78. The molecule has 0 spiro atoms. The second-order valence-electron chi connectivity index (χ2n) is 5.49. The molecule has 0 aliphatic rings. The van der Waals surface area contributed by atoms with Crippen LogP contribution in [0.2, 0.25) is 0 Å². The van der Waals surface area contributed by atoms with Crippen molar-refractivity contribution in [2.45, 2.75) is 5.16 Å². The topological polar surface area (TPSA) is 126 Å². The van der Waals surface area contributed by atoms with Gasteiger partial charge in [0.05, 0.1) is 0 Å². The summed E-state index contributed by atoms with van der Waals surface area (Å²) in [6.45, 7) is 0. The molecule has 1 N–H and O–H groups in total. The molecule has 3 aromatic rings. The van der Waals surface area contributed by atoms with Gasteiger partial charge in [-0.25, -0.2) is 12.8 Å². The molecule has 0 saturated carbocycles. The van der Waals surface area contributed by atoms with Gasteiger partial charge < -0.3 is 4.42 Å². The van der Waals surface area contributed by atoms with Crippen LogP contribution in [0.25, 0.3) is 17.4 Å². The second kappa shape index (κ2) is 7.71. The van der Waals surface area contributed by atoms with Crippen LogP contribution in [0.1, 0.15) is 5.76 Å². The molecule has 0 atom stereocenters. The molecule has 11 heteroatoms. The van der Waals surface area contributed by atoms with E-state index >= 15 is 0 Å². The van der Waals surface area contributed by atoms with Crippen LogP contribution in [0.5, 0.6) is 0 Å². The van der Waals surface area contributed by atoms with Crippen LogP contribution in [0.15, 0.2) is 51.5 Å². The summed E-state index contributed by atoms with van der Waals surface area (Å²) >= 11 is 0.679. The normalized spacial score (nSPS) is 11.8. The first-order valence-electron chi connectivity index (χ1n) is 7.59. The van der Waals surface area contributed by atoms with Crippen LogP contribution in [0.3, 0.4) is 0 Å².